The SMILES string of the molecule is COCc1cc(CP)ccc1-c1c(F)cc(-c2ccc(CP)cc2)cc1COC. The first-order valence-electron chi connectivity index (χ1n) is 9.53. The molecule has 2 atom stereocenters. The fraction of sp³-hybridized carbons (Fsp3) is 0.250. The number of halogens is 1. The number of rotatable bonds is 8. The molecule has 0 bridgehead atoms. The molecule has 2 nitrogen and oxygen atoms in total. The zero-order chi connectivity index (χ0) is 20.8. The van der Waals surface area contributed by atoms with Crippen molar-refractivity contribution in [3.05, 3.63) is 82.7 Å². The van der Waals surface area contributed by atoms with E-state index in [9.17, 15) is 0 Å². The summed E-state index contributed by atoms with van der Waals surface area (Å²) in [4.78, 5) is 0. The Morgan fingerprint density at radius 1 is 0.724 bits per heavy atom. The molecule has 0 N–H and O–H groups in total. The Balaban J connectivity index is 2.14. The Morgan fingerprint density at radius 2 is 1.34 bits per heavy atom. The topological polar surface area (TPSA) is 18.5 Å². The lowest BCUT2D eigenvalue weighted by Gasteiger charge is -2.17. The fourth-order valence-corrected chi connectivity index (χ4v) is 4.05. The van der Waals surface area contributed by atoms with E-state index in [1.165, 1.54) is 11.1 Å². The Kier molecular flexibility index (Phi) is 7.92. The lowest BCUT2D eigenvalue weighted by molar-refractivity contribution is 0.184. The van der Waals surface area contributed by atoms with Crippen LogP contribution < -0.4 is 0 Å². The second kappa shape index (κ2) is 10.4. The van der Waals surface area contributed by atoms with Crippen LogP contribution in [0.5, 0.6) is 0 Å². The molecule has 0 spiro atoms. The van der Waals surface area contributed by atoms with Crippen LogP contribution in [0.15, 0.2) is 54.6 Å². The maximum Gasteiger partial charge on any atom is 0.132 e. The van der Waals surface area contributed by atoms with E-state index >= 15 is 4.39 Å². The molecule has 0 radical (unpaired) electrons. The lowest BCUT2D eigenvalue weighted by Crippen LogP contribution is -2.01. The monoisotopic (exact) mass is 428 g/mol. The number of hydrogen-bond acceptors (Lipinski definition) is 2. The van der Waals surface area contributed by atoms with Gasteiger partial charge in [0, 0.05) is 19.8 Å². The van der Waals surface area contributed by atoms with E-state index in [-0.39, 0.29) is 5.82 Å². The van der Waals surface area contributed by atoms with Crippen molar-refractivity contribution in [2.24, 2.45) is 0 Å². The van der Waals surface area contributed by atoms with Gasteiger partial charge in [0.15, 0.2) is 0 Å². The zero-order valence-corrected chi connectivity index (χ0v) is 19.2. The van der Waals surface area contributed by atoms with Crippen LogP contribution in [-0.4, -0.2) is 14.2 Å². The minimum atomic E-state index is -0.249. The summed E-state index contributed by atoms with van der Waals surface area (Å²) < 4.78 is 26.2. The van der Waals surface area contributed by atoms with E-state index in [4.69, 9.17) is 9.47 Å². The van der Waals surface area contributed by atoms with E-state index in [1.807, 2.05) is 30.3 Å². The third-order valence-corrected chi connectivity index (χ3v) is 5.91. The fourth-order valence-electron chi connectivity index (χ4n) is 3.53. The molecule has 0 aliphatic rings. The van der Waals surface area contributed by atoms with Crippen molar-refractivity contribution >= 4 is 18.5 Å². The molecule has 2 unspecified atom stereocenters. The van der Waals surface area contributed by atoms with Gasteiger partial charge in [-0.05, 0) is 63.4 Å². The van der Waals surface area contributed by atoms with Gasteiger partial charge in [0.25, 0.3) is 0 Å². The average molecular weight is 428 g/mol. The Labute approximate surface area is 177 Å². The maximum absolute atomic E-state index is 15.4. The average Bonchev–Trinajstić information content (AvgIpc) is 2.74. The van der Waals surface area contributed by atoms with Gasteiger partial charge in [0.2, 0.25) is 0 Å². The highest BCUT2D eigenvalue weighted by Crippen LogP contribution is 2.35. The lowest BCUT2D eigenvalue weighted by atomic mass is 9.91. The summed E-state index contributed by atoms with van der Waals surface area (Å²) in [5.41, 5.74) is 7.48. The highest BCUT2D eigenvalue weighted by Gasteiger charge is 2.17. The minimum Gasteiger partial charge on any atom is -0.380 e. The van der Waals surface area contributed by atoms with Gasteiger partial charge in [0.1, 0.15) is 5.82 Å². The normalized spacial score (nSPS) is 11.1. The van der Waals surface area contributed by atoms with Crippen LogP contribution in [0.4, 0.5) is 4.39 Å². The highest BCUT2D eigenvalue weighted by atomic mass is 31.0. The molecule has 0 saturated carbocycles. The van der Waals surface area contributed by atoms with E-state index in [0.717, 1.165) is 40.1 Å². The largest absolute Gasteiger partial charge is 0.380 e. The van der Waals surface area contributed by atoms with Crippen molar-refractivity contribution in [2.45, 2.75) is 25.5 Å². The summed E-state index contributed by atoms with van der Waals surface area (Å²) in [5, 5.41) is 0. The Hall–Kier alpha value is -1.63. The van der Waals surface area contributed by atoms with Crippen molar-refractivity contribution in [2.75, 3.05) is 14.2 Å². The molecule has 3 aromatic carbocycles. The molecule has 3 rings (SSSR count). The molecule has 0 aliphatic carbocycles. The van der Waals surface area contributed by atoms with Gasteiger partial charge >= 0.3 is 0 Å². The van der Waals surface area contributed by atoms with Crippen LogP contribution in [0.1, 0.15) is 22.3 Å². The second-order valence-electron chi connectivity index (χ2n) is 6.95. The number of ether oxygens (including phenoxy) is 2. The van der Waals surface area contributed by atoms with Crippen molar-refractivity contribution in [3.63, 3.8) is 0 Å². The van der Waals surface area contributed by atoms with Gasteiger partial charge in [-0.2, -0.15) is 0 Å². The molecule has 0 amide bonds. The van der Waals surface area contributed by atoms with E-state index in [1.54, 1.807) is 20.3 Å². The first-order chi connectivity index (χ1) is 14.1. The Morgan fingerprint density at radius 3 is 1.97 bits per heavy atom. The van der Waals surface area contributed by atoms with Crippen LogP contribution in [-0.2, 0) is 35.0 Å². The number of benzene rings is 3. The van der Waals surface area contributed by atoms with Crippen LogP contribution in [0.2, 0.25) is 0 Å². The zero-order valence-electron chi connectivity index (χ0n) is 16.9. The molecule has 0 aliphatic heterocycles. The van der Waals surface area contributed by atoms with Crippen molar-refractivity contribution in [1.29, 1.82) is 0 Å². The van der Waals surface area contributed by atoms with Gasteiger partial charge in [0.05, 0.1) is 13.2 Å². The summed E-state index contributed by atoms with van der Waals surface area (Å²) in [7, 11) is 8.73. The number of methoxy groups -OCH3 is 2. The molecule has 0 fully saturated rings. The predicted molar refractivity (Wildman–Crippen MR) is 126 cm³/mol. The van der Waals surface area contributed by atoms with Gasteiger partial charge in [-0.15, -0.1) is 18.5 Å². The molecule has 0 aromatic heterocycles. The van der Waals surface area contributed by atoms with Crippen molar-refractivity contribution in [3.8, 4) is 22.3 Å². The van der Waals surface area contributed by atoms with Crippen molar-refractivity contribution in [1.82, 2.24) is 0 Å². The standard InChI is InChI=1S/C24H27FO2P2/c1-26-12-20-9-17(15-29)5-8-22(20)24-21(13-27-2)10-19(11-23(24)25)18-6-3-16(14-28)4-7-18/h3-11H,12-15,28-29H2,1-2H3. The first-order valence-corrected chi connectivity index (χ1v) is 11.2. The maximum atomic E-state index is 15.4. The van der Waals surface area contributed by atoms with Crippen LogP contribution in [0.3, 0.4) is 0 Å². The van der Waals surface area contributed by atoms with Gasteiger partial charge in [-0.25, -0.2) is 4.39 Å². The van der Waals surface area contributed by atoms with Gasteiger partial charge < -0.3 is 9.47 Å². The van der Waals surface area contributed by atoms with Crippen LogP contribution in [0, 0.1) is 5.82 Å². The molecular weight excluding hydrogens is 401 g/mol. The third-order valence-electron chi connectivity index (χ3n) is 4.97. The Bertz CT molecular complexity index is 971. The minimum absolute atomic E-state index is 0.249. The second-order valence-corrected chi connectivity index (χ2v) is 7.77. The summed E-state index contributed by atoms with van der Waals surface area (Å²) in [6, 6.07) is 18.0. The predicted octanol–water partition coefficient (Wildman–Crippen LogP) is 6.20. The summed E-state index contributed by atoms with van der Waals surface area (Å²) in [5.74, 6) is -0.249. The van der Waals surface area contributed by atoms with E-state index < -0.39 is 0 Å². The van der Waals surface area contributed by atoms with Crippen LogP contribution >= 0.6 is 18.5 Å². The summed E-state index contributed by atoms with van der Waals surface area (Å²) in [6.45, 7) is 0.763. The van der Waals surface area contributed by atoms with Crippen molar-refractivity contribution < 1.29 is 13.9 Å². The smallest absolute Gasteiger partial charge is 0.132 e. The summed E-state index contributed by atoms with van der Waals surface area (Å²) in [6.07, 6.45) is 1.74. The number of hydrogen-bond donors (Lipinski definition) is 0. The molecule has 152 valence electrons. The third kappa shape index (κ3) is 5.11. The molecule has 3 aromatic rings. The molecule has 0 saturated heterocycles. The van der Waals surface area contributed by atoms with Gasteiger partial charge in [-0.1, -0.05) is 42.5 Å². The highest BCUT2D eigenvalue weighted by molar-refractivity contribution is 7.15. The van der Waals surface area contributed by atoms with E-state index in [0.29, 0.717) is 18.8 Å². The van der Waals surface area contributed by atoms with Gasteiger partial charge in [-0.3, -0.25) is 0 Å². The molecule has 0 heterocycles. The molecular formula is C24H27FO2P2. The molecule has 29 heavy (non-hydrogen) atoms. The van der Waals surface area contributed by atoms with Crippen LogP contribution in [0.25, 0.3) is 22.3 Å². The first kappa shape index (κ1) is 22.1. The van der Waals surface area contributed by atoms with E-state index in [2.05, 4.69) is 36.7 Å². The quantitative estimate of drug-likeness (QED) is 0.398. The molecule has 5 heteroatoms. The summed E-state index contributed by atoms with van der Waals surface area (Å²) >= 11 is 0.